The summed E-state index contributed by atoms with van der Waals surface area (Å²) >= 11 is 0. The number of carbonyl (C=O) groups is 1. The average Bonchev–Trinajstić information content (AvgIpc) is 2.47. The molecule has 0 saturated heterocycles. The van der Waals surface area contributed by atoms with Gasteiger partial charge in [-0.2, -0.15) is 0 Å². The lowest BCUT2D eigenvalue weighted by Gasteiger charge is -2.07. The fourth-order valence-electron chi connectivity index (χ4n) is 1.88. The maximum Gasteiger partial charge on any atom is 0.269 e. The minimum Gasteiger partial charge on any atom is -0.392 e. The van der Waals surface area contributed by atoms with Crippen molar-refractivity contribution >= 4 is 5.91 Å². The first kappa shape index (κ1) is 13.2. The highest BCUT2D eigenvalue weighted by Gasteiger charge is 2.09. The molecule has 0 bridgehead atoms. The van der Waals surface area contributed by atoms with Gasteiger partial charge in [0.05, 0.1) is 6.61 Å². The van der Waals surface area contributed by atoms with Crippen LogP contribution in [0.2, 0.25) is 0 Å². The van der Waals surface area contributed by atoms with Crippen molar-refractivity contribution < 1.29 is 9.90 Å². The molecule has 0 aliphatic heterocycles. The summed E-state index contributed by atoms with van der Waals surface area (Å²) in [5.41, 5.74) is 2.92. The van der Waals surface area contributed by atoms with Crippen LogP contribution >= 0.6 is 0 Å². The van der Waals surface area contributed by atoms with E-state index in [-0.39, 0.29) is 12.5 Å². The highest BCUT2D eigenvalue weighted by atomic mass is 16.3. The van der Waals surface area contributed by atoms with Gasteiger partial charge in [-0.15, -0.1) is 0 Å². The lowest BCUT2D eigenvalue weighted by atomic mass is 10.1. The number of carbonyl (C=O) groups excluding carboxylic acids is 1. The minimum atomic E-state index is -0.246. The highest BCUT2D eigenvalue weighted by molar-refractivity contribution is 5.92. The molecule has 1 amide bonds. The highest BCUT2D eigenvalue weighted by Crippen LogP contribution is 2.11. The third-order valence-corrected chi connectivity index (χ3v) is 2.81. The van der Waals surface area contributed by atoms with Crippen LogP contribution in [0.1, 0.15) is 27.3 Å². The summed E-state index contributed by atoms with van der Waals surface area (Å²) in [6.45, 7) is -0.103. The summed E-state index contributed by atoms with van der Waals surface area (Å²) in [4.78, 5) is 16.0. The average molecular weight is 256 g/mol. The van der Waals surface area contributed by atoms with E-state index in [9.17, 15) is 9.90 Å². The molecule has 0 spiro atoms. The Labute approximate surface area is 112 Å². The van der Waals surface area contributed by atoms with E-state index in [1.54, 1.807) is 13.1 Å². The summed E-state index contributed by atoms with van der Waals surface area (Å²) in [6.07, 6.45) is 0.638. The fourth-order valence-corrected chi connectivity index (χ4v) is 1.88. The first-order valence-electron chi connectivity index (χ1n) is 6.09. The smallest absolute Gasteiger partial charge is 0.269 e. The molecule has 0 aliphatic rings. The SMILES string of the molecule is CNC(=O)c1cc(CO)cc(Cc2ccccc2)n1. The molecule has 0 fully saturated rings. The second-order valence-electron chi connectivity index (χ2n) is 4.25. The molecule has 2 aromatic rings. The molecule has 1 aromatic carbocycles. The van der Waals surface area contributed by atoms with Crippen LogP contribution in [0.4, 0.5) is 0 Å². The van der Waals surface area contributed by atoms with Crippen molar-refractivity contribution in [2.75, 3.05) is 7.05 Å². The van der Waals surface area contributed by atoms with Gasteiger partial charge < -0.3 is 10.4 Å². The summed E-state index contributed by atoms with van der Waals surface area (Å²) < 4.78 is 0. The van der Waals surface area contributed by atoms with Gasteiger partial charge >= 0.3 is 0 Å². The maximum absolute atomic E-state index is 11.6. The van der Waals surface area contributed by atoms with E-state index in [1.165, 1.54) is 0 Å². The molecular formula is C15H16N2O2. The molecule has 0 radical (unpaired) electrons. The monoisotopic (exact) mass is 256 g/mol. The van der Waals surface area contributed by atoms with E-state index in [4.69, 9.17) is 0 Å². The Morgan fingerprint density at radius 1 is 1.21 bits per heavy atom. The Hall–Kier alpha value is -2.20. The zero-order chi connectivity index (χ0) is 13.7. The molecule has 19 heavy (non-hydrogen) atoms. The van der Waals surface area contributed by atoms with Gasteiger partial charge in [-0.1, -0.05) is 30.3 Å². The van der Waals surface area contributed by atoms with Crippen molar-refractivity contribution in [1.82, 2.24) is 10.3 Å². The van der Waals surface area contributed by atoms with E-state index in [0.29, 0.717) is 17.7 Å². The van der Waals surface area contributed by atoms with Gasteiger partial charge in [0.25, 0.3) is 5.91 Å². The third kappa shape index (κ3) is 3.39. The maximum atomic E-state index is 11.6. The van der Waals surface area contributed by atoms with Gasteiger partial charge in [-0.3, -0.25) is 4.79 Å². The first-order valence-corrected chi connectivity index (χ1v) is 6.09. The summed E-state index contributed by atoms with van der Waals surface area (Å²) in [7, 11) is 1.56. The lowest BCUT2D eigenvalue weighted by Crippen LogP contribution is -2.20. The summed E-state index contributed by atoms with van der Waals surface area (Å²) in [5, 5.41) is 11.8. The molecular weight excluding hydrogens is 240 g/mol. The molecule has 4 heteroatoms. The van der Waals surface area contributed by atoms with Crippen molar-refractivity contribution in [1.29, 1.82) is 0 Å². The van der Waals surface area contributed by atoms with Gasteiger partial charge in [-0.25, -0.2) is 4.98 Å². The first-order chi connectivity index (χ1) is 9.22. The zero-order valence-corrected chi connectivity index (χ0v) is 10.8. The predicted molar refractivity (Wildman–Crippen MR) is 72.8 cm³/mol. The molecule has 2 rings (SSSR count). The van der Waals surface area contributed by atoms with Crippen LogP contribution in [0, 0.1) is 0 Å². The quantitative estimate of drug-likeness (QED) is 0.872. The minimum absolute atomic E-state index is 0.103. The Morgan fingerprint density at radius 2 is 1.95 bits per heavy atom. The number of rotatable bonds is 4. The summed E-state index contributed by atoms with van der Waals surface area (Å²) in [6, 6.07) is 13.3. The Balaban J connectivity index is 2.32. The largest absolute Gasteiger partial charge is 0.392 e. The van der Waals surface area contributed by atoms with Crippen LogP contribution < -0.4 is 5.32 Å². The zero-order valence-electron chi connectivity index (χ0n) is 10.8. The van der Waals surface area contributed by atoms with Crippen molar-refractivity contribution in [2.45, 2.75) is 13.0 Å². The number of hydrogen-bond donors (Lipinski definition) is 2. The molecule has 0 aliphatic carbocycles. The van der Waals surface area contributed by atoms with Crippen molar-refractivity contribution in [2.24, 2.45) is 0 Å². The number of pyridine rings is 1. The fraction of sp³-hybridized carbons (Fsp3) is 0.200. The Kier molecular flexibility index (Phi) is 4.26. The second-order valence-corrected chi connectivity index (χ2v) is 4.25. The lowest BCUT2D eigenvalue weighted by molar-refractivity contribution is 0.0957. The number of aliphatic hydroxyl groups excluding tert-OH is 1. The number of nitrogens with one attached hydrogen (secondary N) is 1. The van der Waals surface area contributed by atoms with Gasteiger partial charge in [0, 0.05) is 19.2 Å². The van der Waals surface area contributed by atoms with Crippen LogP contribution in [0.5, 0.6) is 0 Å². The van der Waals surface area contributed by atoms with Crippen molar-refractivity contribution in [3.8, 4) is 0 Å². The molecule has 1 heterocycles. The predicted octanol–water partition coefficient (Wildman–Crippen LogP) is 1.52. The van der Waals surface area contributed by atoms with Crippen molar-refractivity contribution in [3.63, 3.8) is 0 Å². The number of hydrogen-bond acceptors (Lipinski definition) is 3. The van der Waals surface area contributed by atoms with Crippen LogP contribution in [0.3, 0.4) is 0 Å². The van der Waals surface area contributed by atoms with E-state index in [2.05, 4.69) is 10.3 Å². The molecule has 4 nitrogen and oxygen atoms in total. The number of nitrogens with zero attached hydrogens (tertiary/aromatic N) is 1. The number of benzene rings is 1. The van der Waals surface area contributed by atoms with Gasteiger partial charge in [0.2, 0.25) is 0 Å². The van der Waals surface area contributed by atoms with E-state index in [1.807, 2.05) is 36.4 Å². The molecule has 0 saturated carbocycles. The molecule has 2 N–H and O–H groups in total. The summed E-state index contributed by atoms with van der Waals surface area (Å²) in [5.74, 6) is -0.246. The standard InChI is InChI=1S/C15H16N2O2/c1-16-15(19)14-9-12(10-18)8-13(17-14)7-11-5-3-2-4-6-11/h2-6,8-9,18H,7,10H2,1H3,(H,16,19). The van der Waals surface area contributed by atoms with Crippen LogP contribution in [-0.2, 0) is 13.0 Å². The number of amides is 1. The van der Waals surface area contributed by atoms with E-state index >= 15 is 0 Å². The molecule has 98 valence electrons. The number of aromatic nitrogens is 1. The Bertz CT molecular complexity index is 568. The third-order valence-electron chi connectivity index (χ3n) is 2.81. The van der Waals surface area contributed by atoms with Crippen LogP contribution in [-0.4, -0.2) is 23.0 Å². The van der Waals surface area contributed by atoms with Crippen LogP contribution in [0.15, 0.2) is 42.5 Å². The van der Waals surface area contributed by atoms with Gasteiger partial charge in [-0.05, 0) is 23.3 Å². The van der Waals surface area contributed by atoms with Crippen LogP contribution in [0.25, 0.3) is 0 Å². The topological polar surface area (TPSA) is 62.2 Å². The van der Waals surface area contributed by atoms with Gasteiger partial charge in [0.15, 0.2) is 0 Å². The second kappa shape index (κ2) is 6.11. The Morgan fingerprint density at radius 3 is 2.58 bits per heavy atom. The van der Waals surface area contributed by atoms with E-state index in [0.717, 1.165) is 11.3 Å². The number of aliphatic hydroxyl groups is 1. The van der Waals surface area contributed by atoms with E-state index < -0.39 is 0 Å². The molecule has 0 unspecified atom stereocenters. The van der Waals surface area contributed by atoms with Gasteiger partial charge in [0.1, 0.15) is 5.69 Å². The normalized spacial score (nSPS) is 10.2. The molecule has 1 aromatic heterocycles. The van der Waals surface area contributed by atoms with Crippen molar-refractivity contribution in [3.05, 3.63) is 65.0 Å². The molecule has 0 atom stereocenters.